The van der Waals surface area contributed by atoms with E-state index in [2.05, 4.69) is 15.0 Å². The summed E-state index contributed by atoms with van der Waals surface area (Å²) >= 11 is 0. The van der Waals surface area contributed by atoms with Crippen LogP contribution in [0.4, 0.5) is 5.69 Å². The Balaban J connectivity index is 1.40. The molecule has 0 radical (unpaired) electrons. The third-order valence-electron chi connectivity index (χ3n) is 6.64. The van der Waals surface area contributed by atoms with Crippen LogP contribution in [-0.2, 0) is 14.8 Å². The fourth-order valence-corrected chi connectivity index (χ4v) is 5.35. The van der Waals surface area contributed by atoms with Crippen LogP contribution in [0.5, 0.6) is 5.75 Å². The van der Waals surface area contributed by atoms with Crippen molar-refractivity contribution in [2.75, 3.05) is 30.7 Å². The van der Waals surface area contributed by atoms with Crippen LogP contribution in [0, 0.1) is 0 Å². The molecule has 10 heteroatoms. The molecule has 1 aromatic heterocycles. The average Bonchev–Trinajstić information content (AvgIpc) is 3.29. The van der Waals surface area contributed by atoms with Gasteiger partial charge in [0, 0.05) is 52.9 Å². The van der Waals surface area contributed by atoms with Gasteiger partial charge in [0.1, 0.15) is 12.4 Å². The molecule has 0 aliphatic carbocycles. The number of hydrogen-bond acceptors (Lipinski definition) is 6. The molecule has 1 heterocycles. The number of hydrogen-bond donors (Lipinski definition) is 5. The number of carboxylic acid groups (broad SMARTS) is 1. The number of rotatable bonds is 14. The van der Waals surface area contributed by atoms with Crippen LogP contribution in [0.15, 0.2) is 72.8 Å². The van der Waals surface area contributed by atoms with Crippen molar-refractivity contribution in [3.63, 3.8) is 0 Å². The van der Waals surface area contributed by atoms with E-state index in [9.17, 15) is 23.4 Å². The van der Waals surface area contributed by atoms with Gasteiger partial charge in [0.15, 0.2) is 0 Å². The topological polar surface area (TPSA) is 141 Å². The Morgan fingerprint density at radius 3 is 2.52 bits per heavy atom. The van der Waals surface area contributed by atoms with Gasteiger partial charge >= 0.3 is 5.97 Å². The van der Waals surface area contributed by atoms with Gasteiger partial charge in [-0.15, -0.1) is 0 Å². The number of anilines is 1. The van der Waals surface area contributed by atoms with E-state index in [1.165, 1.54) is 0 Å². The Morgan fingerprint density at radius 2 is 1.82 bits per heavy atom. The van der Waals surface area contributed by atoms with Gasteiger partial charge in [-0.3, -0.25) is 9.52 Å². The second-order valence-electron chi connectivity index (χ2n) is 9.76. The number of sulfonamides is 1. The average molecular weight is 566 g/mol. The first kappa shape index (κ1) is 29.1. The molecule has 0 aliphatic rings. The molecule has 0 amide bonds. The highest BCUT2D eigenvalue weighted by atomic mass is 32.2. The molecule has 2 atom stereocenters. The van der Waals surface area contributed by atoms with Gasteiger partial charge in [0.2, 0.25) is 10.0 Å². The lowest BCUT2D eigenvalue weighted by Crippen LogP contribution is -2.26. The molecule has 0 aliphatic heterocycles. The lowest BCUT2D eigenvalue weighted by atomic mass is 9.91. The van der Waals surface area contributed by atoms with Gasteiger partial charge in [0.05, 0.1) is 18.8 Å². The zero-order chi connectivity index (χ0) is 28.7. The van der Waals surface area contributed by atoms with Crippen LogP contribution < -0.4 is 14.8 Å². The molecule has 40 heavy (non-hydrogen) atoms. The van der Waals surface area contributed by atoms with Crippen LogP contribution >= 0.6 is 0 Å². The third-order valence-corrected chi connectivity index (χ3v) is 7.25. The minimum Gasteiger partial charge on any atom is -0.492 e. The predicted molar refractivity (Wildman–Crippen MR) is 157 cm³/mol. The van der Waals surface area contributed by atoms with Gasteiger partial charge in [-0.2, -0.15) is 0 Å². The van der Waals surface area contributed by atoms with E-state index in [0.717, 1.165) is 34.0 Å². The van der Waals surface area contributed by atoms with Gasteiger partial charge in [-0.05, 0) is 41.8 Å². The maximum Gasteiger partial charge on any atom is 0.304 e. The Labute approximate surface area is 234 Å². The van der Waals surface area contributed by atoms with Crippen molar-refractivity contribution in [1.82, 2.24) is 10.3 Å². The quantitative estimate of drug-likeness (QED) is 0.137. The van der Waals surface area contributed by atoms with Crippen molar-refractivity contribution >= 4 is 32.6 Å². The summed E-state index contributed by atoms with van der Waals surface area (Å²) in [7, 11) is -3.40. The highest BCUT2D eigenvalue weighted by Gasteiger charge is 2.22. The Bertz CT molecular complexity index is 1550. The molecule has 3 aromatic carbocycles. The van der Waals surface area contributed by atoms with E-state index in [1.54, 1.807) is 24.3 Å². The summed E-state index contributed by atoms with van der Waals surface area (Å²) in [6.45, 7) is 3.12. The lowest BCUT2D eigenvalue weighted by Gasteiger charge is -2.14. The van der Waals surface area contributed by atoms with Crippen molar-refractivity contribution in [2.45, 2.75) is 31.8 Å². The highest BCUT2D eigenvalue weighted by Crippen LogP contribution is 2.39. The summed E-state index contributed by atoms with van der Waals surface area (Å²) in [6.07, 6.45) is 0.998. The number of H-pyrrole nitrogens is 1. The first-order valence-electron chi connectivity index (χ1n) is 13.2. The number of aliphatic hydroxyl groups excluding tert-OH is 1. The normalized spacial score (nSPS) is 13.2. The number of carbonyl (C=O) groups is 1. The number of aliphatic hydroxyl groups is 1. The van der Waals surface area contributed by atoms with Gasteiger partial charge in [0.25, 0.3) is 0 Å². The molecule has 212 valence electrons. The molecule has 0 bridgehead atoms. The van der Waals surface area contributed by atoms with Crippen molar-refractivity contribution in [3.05, 3.63) is 84.1 Å². The van der Waals surface area contributed by atoms with Gasteiger partial charge < -0.3 is 25.3 Å². The van der Waals surface area contributed by atoms with E-state index < -0.39 is 22.1 Å². The highest BCUT2D eigenvalue weighted by molar-refractivity contribution is 7.92. The molecule has 0 saturated carbocycles. The van der Waals surface area contributed by atoms with Crippen molar-refractivity contribution in [1.29, 1.82) is 0 Å². The van der Waals surface area contributed by atoms with Crippen LogP contribution in [0.2, 0.25) is 0 Å². The maximum atomic E-state index is 11.5. The zero-order valence-corrected chi connectivity index (χ0v) is 23.4. The number of aromatic nitrogens is 1. The largest absolute Gasteiger partial charge is 0.492 e. The first-order valence-corrected chi connectivity index (χ1v) is 15.1. The number of nitrogens with one attached hydrogen (secondary N) is 3. The minimum atomic E-state index is -3.40. The fourth-order valence-electron chi connectivity index (χ4n) is 4.79. The maximum absolute atomic E-state index is 11.5. The molecule has 5 N–H and O–H groups in total. The molecular formula is C30H35N3O6S. The second-order valence-corrected chi connectivity index (χ2v) is 11.5. The number of aliphatic carboxylic acids is 1. The monoisotopic (exact) mass is 565 g/mol. The molecule has 0 fully saturated rings. The Morgan fingerprint density at radius 1 is 1.05 bits per heavy atom. The Kier molecular flexibility index (Phi) is 9.46. The zero-order valence-electron chi connectivity index (χ0n) is 22.6. The number of aromatic amines is 1. The van der Waals surface area contributed by atoms with Crippen LogP contribution in [0.25, 0.3) is 22.0 Å². The number of carboxylic acids is 1. The third kappa shape index (κ3) is 7.62. The van der Waals surface area contributed by atoms with E-state index in [4.69, 9.17) is 4.74 Å². The molecular weight excluding hydrogens is 530 g/mol. The lowest BCUT2D eigenvalue weighted by molar-refractivity contribution is -0.137. The van der Waals surface area contributed by atoms with E-state index in [-0.39, 0.29) is 18.9 Å². The number of ether oxygens (including phenoxy) is 1. The van der Waals surface area contributed by atoms with Crippen LogP contribution in [0.1, 0.15) is 43.0 Å². The predicted octanol–water partition coefficient (Wildman–Crippen LogP) is 4.88. The molecule has 0 spiro atoms. The van der Waals surface area contributed by atoms with E-state index in [1.807, 2.05) is 55.5 Å². The summed E-state index contributed by atoms with van der Waals surface area (Å²) < 4.78 is 31.3. The smallest absolute Gasteiger partial charge is 0.304 e. The molecule has 1 unspecified atom stereocenters. The fraction of sp³-hybridized carbons (Fsp3) is 0.300. The second kappa shape index (κ2) is 13.0. The van der Waals surface area contributed by atoms with Gasteiger partial charge in [-0.1, -0.05) is 49.4 Å². The molecule has 4 rings (SSSR count). The summed E-state index contributed by atoms with van der Waals surface area (Å²) in [5.74, 6) is -0.305. The van der Waals surface area contributed by atoms with Crippen LogP contribution in [0.3, 0.4) is 0 Å². The van der Waals surface area contributed by atoms with Crippen LogP contribution in [-0.4, -0.2) is 55.5 Å². The summed E-state index contributed by atoms with van der Waals surface area (Å²) in [5, 5.41) is 24.1. The number of benzene rings is 3. The first-order chi connectivity index (χ1) is 19.1. The van der Waals surface area contributed by atoms with Gasteiger partial charge in [-0.25, -0.2) is 8.42 Å². The standard InChI is InChI=1S/C30H35N3O6S/c1-3-20(17-28(35)36)30-29(21-8-5-4-6-9-21)25-13-12-24(18-26(25)32-30)39-15-14-31-19-27(34)22-10-7-11-23(16-22)33-40(2,37)38/h4-13,16,18,20,27,31-34H,3,14-15,17,19H2,1-2H3,(H,35,36)/t20-,27?/m1/s1. The van der Waals surface area contributed by atoms with E-state index in [0.29, 0.717) is 36.6 Å². The number of fused-ring (bicyclic) bond motifs is 1. The molecule has 0 saturated heterocycles. The van der Waals surface area contributed by atoms with Crippen molar-refractivity contribution < 1.29 is 28.2 Å². The SMILES string of the molecule is CC[C@H](CC(=O)O)c1[nH]c2cc(OCCNCC(O)c3cccc(NS(C)(=O)=O)c3)ccc2c1-c1ccccc1. The minimum absolute atomic E-state index is 0.0442. The Hall–Kier alpha value is -3.86. The molecule has 4 aromatic rings. The molecule has 9 nitrogen and oxygen atoms in total. The van der Waals surface area contributed by atoms with E-state index >= 15 is 0 Å². The summed E-state index contributed by atoms with van der Waals surface area (Å²) in [6, 6.07) is 22.4. The van der Waals surface area contributed by atoms with Crippen molar-refractivity contribution in [2.24, 2.45) is 0 Å². The summed E-state index contributed by atoms with van der Waals surface area (Å²) in [5.41, 5.74) is 4.82. The summed E-state index contributed by atoms with van der Waals surface area (Å²) in [4.78, 5) is 15.0. The van der Waals surface area contributed by atoms with Crippen molar-refractivity contribution in [3.8, 4) is 16.9 Å².